The monoisotopic (exact) mass is 388 g/mol. The van der Waals surface area contributed by atoms with Gasteiger partial charge in [0, 0.05) is 58.1 Å². The van der Waals surface area contributed by atoms with Gasteiger partial charge in [-0.3, -0.25) is 4.79 Å². The topological polar surface area (TPSA) is 75.5 Å². The van der Waals surface area contributed by atoms with Crippen LogP contribution in [0.2, 0.25) is 0 Å². The number of amides is 1. The van der Waals surface area contributed by atoms with Crippen molar-refractivity contribution < 1.29 is 13.2 Å². The summed E-state index contributed by atoms with van der Waals surface area (Å²) in [6.45, 7) is 3.38. The second kappa shape index (κ2) is 6.76. The van der Waals surface area contributed by atoms with Gasteiger partial charge in [0.1, 0.15) is 5.82 Å². The predicted molar refractivity (Wildman–Crippen MR) is 102 cm³/mol. The van der Waals surface area contributed by atoms with Crippen molar-refractivity contribution in [3.63, 3.8) is 0 Å². The van der Waals surface area contributed by atoms with Gasteiger partial charge in [0.2, 0.25) is 15.9 Å². The summed E-state index contributed by atoms with van der Waals surface area (Å²) in [7, 11) is -1.97. The normalized spacial score (nSPS) is 19.2. The third-order valence-corrected chi connectivity index (χ3v) is 7.41. The first-order valence-electron chi connectivity index (χ1n) is 9.23. The molecule has 2 aromatic rings. The fourth-order valence-corrected chi connectivity index (χ4v) is 5.34. The summed E-state index contributed by atoms with van der Waals surface area (Å²) in [4.78, 5) is 18.0. The SMILES string of the molecule is CC(=O)N1CCc2ccc(S(=O)(=O)N(C)C[C@H]3CCc4nccn4C3)cc21. The van der Waals surface area contributed by atoms with Gasteiger partial charge in [-0.25, -0.2) is 17.7 Å². The van der Waals surface area contributed by atoms with Crippen molar-refractivity contribution in [1.29, 1.82) is 0 Å². The molecule has 4 rings (SSSR count). The second-order valence-electron chi connectivity index (χ2n) is 7.40. The molecule has 0 spiro atoms. The first-order chi connectivity index (χ1) is 12.9. The van der Waals surface area contributed by atoms with E-state index in [-0.39, 0.29) is 16.7 Å². The molecule has 2 aliphatic rings. The van der Waals surface area contributed by atoms with Crippen LogP contribution in [0, 0.1) is 5.92 Å². The Morgan fingerprint density at radius 1 is 1.33 bits per heavy atom. The number of anilines is 1. The summed E-state index contributed by atoms with van der Waals surface area (Å²) in [5, 5.41) is 0. The van der Waals surface area contributed by atoms with E-state index < -0.39 is 10.0 Å². The highest BCUT2D eigenvalue weighted by molar-refractivity contribution is 7.89. The van der Waals surface area contributed by atoms with Crippen LogP contribution in [-0.4, -0.2) is 48.3 Å². The number of benzene rings is 1. The molecule has 0 bridgehead atoms. The number of aromatic nitrogens is 2. The van der Waals surface area contributed by atoms with E-state index in [9.17, 15) is 13.2 Å². The van der Waals surface area contributed by atoms with Crippen LogP contribution >= 0.6 is 0 Å². The zero-order valence-electron chi connectivity index (χ0n) is 15.6. The highest BCUT2D eigenvalue weighted by Gasteiger charge is 2.29. The summed E-state index contributed by atoms with van der Waals surface area (Å²) >= 11 is 0. The lowest BCUT2D eigenvalue weighted by Gasteiger charge is -2.28. The Morgan fingerprint density at radius 3 is 2.93 bits per heavy atom. The summed E-state index contributed by atoms with van der Waals surface area (Å²) < 4.78 is 29.7. The van der Waals surface area contributed by atoms with Gasteiger partial charge in [-0.2, -0.15) is 0 Å². The number of rotatable bonds is 4. The van der Waals surface area contributed by atoms with E-state index in [1.54, 1.807) is 30.3 Å². The van der Waals surface area contributed by atoms with E-state index in [1.165, 1.54) is 11.2 Å². The minimum Gasteiger partial charge on any atom is -0.335 e. The molecule has 0 saturated heterocycles. The minimum absolute atomic E-state index is 0.0602. The van der Waals surface area contributed by atoms with E-state index in [4.69, 9.17) is 0 Å². The molecule has 27 heavy (non-hydrogen) atoms. The van der Waals surface area contributed by atoms with Crippen LogP contribution in [0.5, 0.6) is 0 Å². The molecule has 7 nitrogen and oxygen atoms in total. The molecule has 0 saturated carbocycles. The molecule has 3 heterocycles. The lowest BCUT2D eigenvalue weighted by atomic mass is 10.00. The lowest BCUT2D eigenvalue weighted by Crippen LogP contribution is -2.35. The standard InChI is InChI=1S/C19H24N4O3S/c1-14(24)23-9-7-16-4-5-17(11-18(16)23)27(25,26)21(2)12-15-3-6-19-20-8-10-22(19)13-15/h4-5,8,10-11,15H,3,6-7,9,12-13H2,1-2H3/t15-/m1/s1. The largest absolute Gasteiger partial charge is 0.335 e. The van der Waals surface area contributed by atoms with Gasteiger partial charge in [-0.05, 0) is 36.5 Å². The van der Waals surface area contributed by atoms with Gasteiger partial charge in [0.25, 0.3) is 0 Å². The smallest absolute Gasteiger partial charge is 0.242 e. The van der Waals surface area contributed by atoms with Gasteiger partial charge >= 0.3 is 0 Å². The summed E-state index contributed by atoms with van der Waals surface area (Å²) in [6.07, 6.45) is 6.31. The first kappa shape index (κ1) is 18.2. The van der Waals surface area contributed by atoms with Gasteiger partial charge in [-0.15, -0.1) is 0 Å². The molecule has 1 atom stereocenters. The number of carbonyl (C=O) groups excluding carboxylic acids is 1. The first-order valence-corrected chi connectivity index (χ1v) is 10.7. The summed E-state index contributed by atoms with van der Waals surface area (Å²) in [6, 6.07) is 5.13. The predicted octanol–water partition coefficient (Wildman–Crippen LogP) is 1.68. The second-order valence-corrected chi connectivity index (χ2v) is 9.44. The maximum absolute atomic E-state index is 13.1. The van der Waals surface area contributed by atoms with E-state index in [1.807, 2.05) is 12.3 Å². The number of nitrogens with zero attached hydrogens (tertiary/aromatic N) is 4. The average Bonchev–Trinajstić information content (AvgIpc) is 3.27. The Labute approximate surface area is 159 Å². The van der Waals surface area contributed by atoms with Gasteiger partial charge in [0.05, 0.1) is 4.90 Å². The number of sulfonamides is 1. The van der Waals surface area contributed by atoms with Gasteiger partial charge in [-0.1, -0.05) is 6.07 Å². The van der Waals surface area contributed by atoms with Crippen molar-refractivity contribution in [3.05, 3.63) is 42.0 Å². The van der Waals surface area contributed by atoms with Crippen LogP contribution in [0.1, 0.15) is 24.7 Å². The Balaban J connectivity index is 1.53. The Hall–Kier alpha value is -2.19. The number of imidazole rings is 1. The van der Waals surface area contributed by atoms with Crippen molar-refractivity contribution in [2.24, 2.45) is 5.92 Å². The molecule has 8 heteroatoms. The number of carbonyl (C=O) groups is 1. The van der Waals surface area contributed by atoms with E-state index >= 15 is 0 Å². The molecule has 0 radical (unpaired) electrons. The van der Waals surface area contributed by atoms with Crippen LogP contribution in [0.25, 0.3) is 0 Å². The van der Waals surface area contributed by atoms with Crippen molar-refractivity contribution in [1.82, 2.24) is 13.9 Å². The quantitative estimate of drug-likeness (QED) is 0.799. The average molecular weight is 388 g/mol. The Kier molecular flexibility index (Phi) is 4.55. The molecule has 0 fully saturated rings. The van der Waals surface area contributed by atoms with Crippen LogP contribution in [0.3, 0.4) is 0 Å². The van der Waals surface area contributed by atoms with E-state index in [0.717, 1.165) is 42.9 Å². The Morgan fingerprint density at radius 2 is 2.15 bits per heavy atom. The number of hydrogen-bond acceptors (Lipinski definition) is 4. The van der Waals surface area contributed by atoms with Crippen molar-refractivity contribution in [2.75, 3.05) is 25.0 Å². The molecule has 144 valence electrons. The number of fused-ring (bicyclic) bond motifs is 2. The number of aryl methyl sites for hydroxylation is 1. The summed E-state index contributed by atoms with van der Waals surface area (Å²) in [5.74, 6) is 1.27. The molecule has 0 N–H and O–H groups in total. The van der Waals surface area contributed by atoms with E-state index in [2.05, 4.69) is 9.55 Å². The van der Waals surface area contributed by atoms with Gasteiger partial charge < -0.3 is 9.47 Å². The molecule has 1 aromatic heterocycles. The minimum atomic E-state index is -3.60. The summed E-state index contributed by atoms with van der Waals surface area (Å²) in [5.41, 5.74) is 1.74. The number of hydrogen-bond donors (Lipinski definition) is 0. The lowest BCUT2D eigenvalue weighted by molar-refractivity contribution is -0.116. The highest BCUT2D eigenvalue weighted by atomic mass is 32.2. The highest BCUT2D eigenvalue weighted by Crippen LogP contribution is 2.32. The molecular formula is C19H24N4O3S. The fourth-order valence-electron chi connectivity index (χ4n) is 4.07. The van der Waals surface area contributed by atoms with Crippen LogP contribution in [0.15, 0.2) is 35.5 Å². The zero-order valence-corrected chi connectivity index (χ0v) is 16.4. The van der Waals surface area contributed by atoms with Crippen molar-refractivity contribution >= 4 is 21.6 Å². The maximum Gasteiger partial charge on any atom is 0.242 e. The molecule has 0 unspecified atom stereocenters. The molecule has 2 aliphatic heterocycles. The van der Waals surface area contributed by atoms with Crippen molar-refractivity contribution in [3.8, 4) is 0 Å². The molecule has 0 aliphatic carbocycles. The zero-order chi connectivity index (χ0) is 19.2. The molecular weight excluding hydrogens is 364 g/mol. The third kappa shape index (κ3) is 3.27. The Bertz CT molecular complexity index is 983. The van der Waals surface area contributed by atoms with Crippen LogP contribution < -0.4 is 4.90 Å². The third-order valence-electron chi connectivity index (χ3n) is 5.59. The molecule has 1 amide bonds. The van der Waals surface area contributed by atoms with Crippen molar-refractivity contribution in [2.45, 2.75) is 37.6 Å². The van der Waals surface area contributed by atoms with Gasteiger partial charge in [0.15, 0.2) is 0 Å². The maximum atomic E-state index is 13.1. The molecule has 1 aromatic carbocycles. The van der Waals surface area contributed by atoms with E-state index in [0.29, 0.717) is 13.1 Å². The fraction of sp³-hybridized carbons (Fsp3) is 0.474. The van der Waals surface area contributed by atoms with Crippen LogP contribution in [-0.2, 0) is 34.2 Å². The van der Waals surface area contributed by atoms with Crippen LogP contribution in [0.4, 0.5) is 5.69 Å².